The van der Waals surface area contributed by atoms with Crippen LogP contribution in [0, 0.1) is 5.92 Å². The van der Waals surface area contributed by atoms with Gasteiger partial charge in [0.25, 0.3) is 0 Å². The Labute approximate surface area is 88.9 Å². The third kappa shape index (κ3) is 2.30. The first-order valence-electron chi connectivity index (χ1n) is 5.38. The maximum absolute atomic E-state index is 6.14. The third-order valence-electron chi connectivity index (χ3n) is 2.69. The van der Waals surface area contributed by atoms with Gasteiger partial charge >= 0.3 is 0 Å². The Bertz CT molecular complexity index is 293. The van der Waals surface area contributed by atoms with Gasteiger partial charge in [0, 0.05) is 6.04 Å². The second kappa shape index (κ2) is 4.36. The van der Waals surface area contributed by atoms with Crippen LogP contribution in [-0.4, -0.2) is 9.59 Å². The lowest BCUT2D eigenvalue weighted by Gasteiger charge is -2.08. The summed E-state index contributed by atoms with van der Waals surface area (Å²) in [4.78, 5) is 1.22. The van der Waals surface area contributed by atoms with Crippen molar-refractivity contribution >= 4 is 11.5 Å². The molecular formula is C10H17N3S. The molecule has 0 spiro atoms. The zero-order chi connectivity index (χ0) is 9.97. The van der Waals surface area contributed by atoms with E-state index < -0.39 is 0 Å². The molecule has 1 unspecified atom stereocenters. The Kier molecular flexibility index (Phi) is 3.13. The Morgan fingerprint density at radius 3 is 3.00 bits per heavy atom. The molecule has 0 bridgehead atoms. The first-order chi connectivity index (χ1) is 6.81. The minimum atomic E-state index is 0.184. The van der Waals surface area contributed by atoms with Crippen molar-refractivity contribution in [2.24, 2.45) is 11.7 Å². The number of aryl methyl sites for hydroxylation is 1. The van der Waals surface area contributed by atoms with Crippen LogP contribution >= 0.6 is 11.5 Å². The predicted octanol–water partition coefficient (Wildman–Crippen LogP) is 2.29. The maximum Gasteiger partial charge on any atom is 0.0803 e. The lowest BCUT2D eigenvalue weighted by atomic mass is 10.1. The second-order valence-corrected chi connectivity index (χ2v) is 4.91. The molecule has 4 heteroatoms. The molecule has 2 rings (SSSR count). The van der Waals surface area contributed by atoms with E-state index in [4.69, 9.17) is 5.73 Å². The molecule has 1 fully saturated rings. The summed E-state index contributed by atoms with van der Waals surface area (Å²) in [7, 11) is 0. The largest absolute Gasteiger partial charge is 0.323 e. The zero-order valence-corrected chi connectivity index (χ0v) is 9.39. The van der Waals surface area contributed by atoms with E-state index in [1.807, 2.05) is 0 Å². The van der Waals surface area contributed by atoms with E-state index in [2.05, 4.69) is 16.5 Å². The fourth-order valence-corrected chi connectivity index (χ4v) is 2.43. The number of aromatic nitrogens is 2. The summed E-state index contributed by atoms with van der Waals surface area (Å²) in [5, 5.41) is 4.14. The SMILES string of the molecule is CCCc1nnsc1C(N)CC1CC1. The molecular weight excluding hydrogens is 194 g/mol. The summed E-state index contributed by atoms with van der Waals surface area (Å²) in [5.74, 6) is 0.876. The van der Waals surface area contributed by atoms with Crippen molar-refractivity contribution in [3.8, 4) is 0 Å². The molecule has 0 aromatic carbocycles. The molecule has 3 nitrogen and oxygen atoms in total. The molecule has 0 radical (unpaired) electrons. The average molecular weight is 211 g/mol. The van der Waals surface area contributed by atoms with Gasteiger partial charge in [-0.2, -0.15) is 0 Å². The van der Waals surface area contributed by atoms with Gasteiger partial charge in [0.15, 0.2) is 0 Å². The third-order valence-corrected chi connectivity index (χ3v) is 3.59. The number of hydrogen-bond donors (Lipinski definition) is 1. The van der Waals surface area contributed by atoms with Crippen molar-refractivity contribution in [1.29, 1.82) is 0 Å². The molecule has 1 aromatic heterocycles. The first-order valence-corrected chi connectivity index (χ1v) is 6.15. The van der Waals surface area contributed by atoms with Gasteiger partial charge in [-0.1, -0.05) is 30.7 Å². The van der Waals surface area contributed by atoms with Gasteiger partial charge in [-0.25, -0.2) is 0 Å². The molecule has 1 saturated carbocycles. The predicted molar refractivity (Wildman–Crippen MR) is 58.2 cm³/mol. The van der Waals surface area contributed by atoms with Crippen LogP contribution in [0.15, 0.2) is 0 Å². The first kappa shape index (κ1) is 10.1. The normalized spacial score (nSPS) is 18.4. The molecule has 78 valence electrons. The molecule has 1 atom stereocenters. The highest BCUT2D eigenvalue weighted by atomic mass is 32.1. The van der Waals surface area contributed by atoms with E-state index in [9.17, 15) is 0 Å². The Morgan fingerprint density at radius 1 is 1.57 bits per heavy atom. The highest BCUT2D eigenvalue weighted by molar-refractivity contribution is 7.05. The molecule has 1 aliphatic carbocycles. The zero-order valence-electron chi connectivity index (χ0n) is 8.57. The van der Waals surface area contributed by atoms with Crippen molar-refractivity contribution in [2.75, 3.05) is 0 Å². The van der Waals surface area contributed by atoms with Gasteiger partial charge in [0.2, 0.25) is 0 Å². The summed E-state index contributed by atoms with van der Waals surface area (Å²) < 4.78 is 4.00. The van der Waals surface area contributed by atoms with Crippen molar-refractivity contribution in [3.63, 3.8) is 0 Å². The van der Waals surface area contributed by atoms with E-state index in [0.29, 0.717) is 0 Å². The lowest BCUT2D eigenvalue weighted by Crippen LogP contribution is -2.11. The van der Waals surface area contributed by atoms with Crippen LogP contribution in [0.25, 0.3) is 0 Å². The van der Waals surface area contributed by atoms with E-state index >= 15 is 0 Å². The molecule has 2 N–H and O–H groups in total. The standard InChI is InChI=1S/C10H17N3S/c1-2-3-9-10(14-13-12-9)8(11)6-7-4-5-7/h7-8H,2-6,11H2,1H3. The summed E-state index contributed by atoms with van der Waals surface area (Å²) in [6.45, 7) is 2.16. The Balaban J connectivity index is 2.00. The van der Waals surface area contributed by atoms with Crippen LogP contribution in [0.1, 0.15) is 49.2 Å². The summed E-state index contributed by atoms with van der Waals surface area (Å²) in [5.41, 5.74) is 7.27. The van der Waals surface area contributed by atoms with Crippen LogP contribution < -0.4 is 5.73 Å². The number of rotatable bonds is 5. The van der Waals surface area contributed by atoms with Gasteiger partial charge < -0.3 is 5.73 Å². The van der Waals surface area contributed by atoms with Gasteiger partial charge in [0.1, 0.15) is 0 Å². The fourth-order valence-electron chi connectivity index (χ4n) is 1.73. The molecule has 1 aromatic rings. The molecule has 0 saturated heterocycles. The van der Waals surface area contributed by atoms with Crippen LogP contribution in [0.5, 0.6) is 0 Å². The molecule has 0 aliphatic heterocycles. The molecule has 0 amide bonds. The van der Waals surface area contributed by atoms with E-state index in [1.54, 1.807) is 0 Å². The summed E-state index contributed by atoms with van der Waals surface area (Å²) in [6.07, 6.45) is 5.99. The smallest absolute Gasteiger partial charge is 0.0803 e. The van der Waals surface area contributed by atoms with Crippen molar-refractivity contribution in [3.05, 3.63) is 10.6 Å². The highest BCUT2D eigenvalue weighted by Gasteiger charge is 2.26. The molecule has 1 aliphatic rings. The number of nitrogens with zero attached hydrogens (tertiary/aromatic N) is 2. The van der Waals surface area contributed by atoms with E-state index in [1.165, 1.54) is 29.3 Å². The van der Waals surface area contributed by atoms with E-state index in [0.717, 1.165) is 30.9 Å². The van der Waals surface area contributed by atoms with Crippen LogP contribution in [0.3, 0.4) is 0 Å². The summed E-state index contributed by atoms with van der Waals surface area (Å²) in [6, 6.07) is 0.184. The quantitative estimate of drug-likeness (QED) is 0.813. The van der Waals surface area contributed by atoms with Crippen molar-refractivity contribution in [2.45, 2.75) is 45.1 Å². The van der Waals surface area contributed by atoms with Crippen molar-refractivity contribution in [1.82, 2.24) is 9.59 Å². The Morgan fingerprint density at radius 2 is 2.36 bits per heavy atom. The molecule has 1 heterocycles. The van der Waals surface area contributed by atoms with Crippen LogP contribution in [0.2, 0.25) is 0 Å². The Hall–Kier alpha value is -0.480. The monoisotopic (exact) mass is 211 g/mol. The highest BCUT2D eigenvalue weighted by Crippen LogP contribution is 2.37. The van der Waals surface area contributed by atoms with Gasteiger partial charge in [-0.15, -0.1) is 5.10 Å². The average Bonchev–Trinajstić information content (AvgIpc) is 2.83. The summed E-state index contributed by atoms with van der Waals surface area (Å²) >= 11 is 1.48. The van der Waals surface area contributed by atoms with Crippen LogP contribution in [-0.2, 0) is 6.42 Å². The van der Waals surface area contributed by atoms with Crippen molar-refractivity contribution < 1.29 is 0 Å². The van der Waals surface area contributed by atoms with E-state index in [-0.39, 0.29) is 6.04 Å². The van der Waals surface area contributed by atoms with Gasteiger partial charge in [-0.3, -0.25) is 0 Å². The van der Waals surface area contributed by atoms with Gasteiger partial charge in [-0.05, 0) is 30.3 Å². The maximum atomic E-state index is 6.14. The minimum absolute atomic E-state index is 0.184. The second-order valence-electron chi connectivity index (χ2n) is 4.12. The molecule has 14 heavy (non-hydrogen) atoms. The lowest BCUT2D eigenvalue weighted by molar-refractivity contribution is 0.598. The van der Waals surface area contributed by atoms with Crippen LogP contribution in [0.4, 0.5) is 0 Å². The number of nitrogens with two attached hydrogens (primary N) is 1. The fraction of sp³-hybridized carbons (Fsp3) is 0.800. The van der Waals surface area contributed by atoms with Gasteiger partial charge in [0.05, 0.1) is 10.6 Å². The number of hydrogen-bond acceptors (Lipinski definition) is 4. The minimum Gasteiger partial charge on any atom is -0.323 e. The topological polar surface area (TPSA) is 51.8 Å².